The summed E-state index contributed by atoms with van der Waals surface area (Å²) in [5, 5.41) is 2.95. The lowest BCUT2D eigenvalue weighted by atomic mass is 9.77. The number of nitrogens with one attached hydrogen (secondary N) is 1. The zero-order chi connectivity index (χ0) is 10.7. The summed E-state index contributed by atoms with van der Waals surface area (Å²) in [4.78, 5) is 11.7. The Morgan fingerprint density at radius 3 is 2.60 bits per heavy atom. The van der Waals surface area contributed by atoms with Crippen LogP contribution in [0.4, 0.5) is 0 Å². The molecular formula is C12H22N2O. The second-order valence-corrected chi connectivity index (χ2v) is 4.97. The van der Waals surface area contributed by atoms with Crippen molar-refractivity contribution in [1.29, 1.82) is 0 Å². The maximum absolute atomic E-state index is 11.7. The van der Waals surface area contributed by atoms with Gasteiger partial charge in [-0.3, -0.25) is 4.79 Å². The molecule has 2 rings (SSSR count). The average molecular weight is 210 g/mol. The van der Waals surface area contributed by atoms with Crippen molar-refractivity contribution in [3.05, 3.63) is 0 Å². The van der Waals surface area contributed by atoms with E-state index in [-0.39, 0.29) is 11.8 Å². The Bertz CT molecular complexity index is 224. The van der Waals surface area contributed by atoms with Gasteiger partial charge in [0.15, 0.2) is 0 Å². The fourth-order valence-electron chi connectivity index (χ4n) is 3.36. The number of carbonyl (C=O) groups is 1. The van der Waals surface area contributed by atoms with Crippen molar-refractivity contribution in [2.24, 2.45) is 23.5 Å². The lowest BCUT2D eigenvalue weighted by Gasteiger charge is -2.27. The van der Waals surface area contributed by atoms with Crippen molar-refractivity contribution < 1.29 is 4.79 Å². The molecule has 1 heterocycles. The summed E-state index contributed by atoms with van der Waals surface area (Å²) in [6, 6.07) is 0. The molecule has 86 valence electrons. The number of rotatable bonds is 4. The number of carbonyl (C=O) groups excluding carboxylic acids is 1. The molecule has 3 nitrogen and oxygen atoms in total. The molecule has 0 bridgehead atoms. The summed E-state index contributed by atoms with van der Waals surface area (Å²) in [6.07, 6.45) is 7.38. The van der Waals surface area contributed by atoms with Crippen LogP contribution >= 0.6 is 0 Å². The van der Waals surface area contributed by atoms with Gasteiger partial charge in [0.2, 0.25) is 5.91 Å². The monoisotopic (exact) mass is 210 g/mol. The minimum absolute atomic E-state index is 0.261. The van der Waals surface area contributed by atoms with Crippen LogP contribution in [0.1, 0.15) is 38.5 Å². The van der Waals surface area contributed by atoms with E-state index in [9.17, 15) is 4.79 Å². The van der Waals surface area contributed by atoms with Crippen LogP contribution in [0.25, 0.3) is 0 Å². The van der Waals surface area contributed by atoms with Gasteiger partial charge in [-0.05, 0) is 31.2 Å². The van der Waals surface area contributed by atoms with Gasteiger partial charge >= 0.3 is 0 Å². The Labute approximate surface area is 91.8 Å². The largest absolute Gasteiger partial charge is 0.356 e. The van der Waals surface area contributed by atoms with Crippen LogP contribution in [0.15, 0.2) is 0 Å². The van der Waals surface area contributed by atoms with Gasteiger partial charge in [-0.25, -0.2) is 0 Å². The van der Waals surface area contributed by atoms with Crippen LogP contribution in [0.5, 0.6) is 0 Å². The second-order valence-electron chi connectivity index (χ2n) is 4.97. The van der Waals surface area contributed by atoms with E-state index >= 15 is 0 Å². The molecule has 0 radical (unpaired) electrons. The Balaban J connectivity index is 2.00. The quantitative estimate of drug-likeness (QED) is 0.734. The van der Waals surface area contributed by atoms with Gasteiger partial charge in [-0.15, -0.1) is 0 Å². The maximum atomic E-state index is 11.7. The van der Waals surface area contributed by atoms with Crippen LogP contribution in [0, 0.1) is 17.8 Å². The highest BCUT2D eigenvalue weighted by atomic mass is 16.2. The number of amides is 1. The summed E-state index contributed by atoms with van der Waals surface area (Å²) >= 11 is 0. The molecule has 1 saturated heterocycles. The first kappa shape index (κ1) is 10.9. The van der Waals surface area contributed by atoms with Crippen LogP contribution < -0.4 is 11.1 Å². The first-order chi connectivity index (χ1) is 7.33. The molecule has 1 saturated carbocycles. The van der Waals surface area contributed by atoms with Crippen molar-refractivity contribution in [2.75, 3.05) is 13.1 Å². The van der Waals surface area contributed by atoms with E-state index in [4.69, 9.17) is 5.73 Å². The van der Waals surface area contributed by atoms with Gasteiger partial charge in [-0.2, -0.15) is 0 Å². The van der Waals surface area contributed by atoms with Crippen molar-refractivity contribution in [3.63, 3.8) is 0 Å². The molecule has 3 heteroatoms. The van der Waals surface area contributed by atoms with Crippen molar-refractivity contribution in [2.45, 2.75) is 38.5 Å². The molecule has 0 aromatic carbocycles. The Hall–Kier alpha value is -0.570. The normalized spacial score (nSPS) is 29.4. The topological polar surface area (TPSA) is 55.1 Å². The van der Waals surface area contributed by atoms with Crippen LogP contribution in [-0.2, 0) is 4.79 Å². The molecule has 1 amide bonds. The molecule has 0 aromatic rings. The molecule has 3 N–H and O–H groups in total. The van der Waals surface area contributed by atoms with Crippen LogP contribution in [-0.4, -0.2) is 19.0 Å². The third kappa shape index (κ3) is 2.33. The van der Waals surface area contributed by atoms with Crippen LogP contribution in [0.2, 0.25) is 0 Å². The summed E-state index contributed by atoms with van der Waals surface area (Å²) in [7, 11) is 0. The molecule has 2 fully saturated rings. The van der Waals surface area contributed by atoms with Gasteiger partial charge in [0.25, 0.3) is 0 Å². The summed E-state index contributed by atoms with van der Waals surface area (Å²) in [5.41, 5.74) is 5.68. The van der Waals surface area contributed by atoms with E-state index < -0.39 is 0 Å². The highest BCUT2D eigenvalue weighted by molar-refractivity contribution is 5.80. The second kappa shape index (κ2) is 4.97. The van der Waals surface area contributed by atoms with Gasteiger partial charge in [0.05, 0.1) is 0 Å². The average Bonchev–Trinajstić information content (AvgIpc) is 2.85. The summed E-state index contributed by atoms with van der Waals surface area (Å²) in [6.45, 7) is 1.60. The number of hydrogen-bond donors (Lipinski definition) is 2. The lowest BCUT2D eigenvalue weighted by molar-refractivity contribution is -0.124. The molecule has 1 aliphatic carbocycles. The Morgan fingerprint density at radius 1 is 1.33 bits per heavy atom. The zero-order valence-corrected chi connectivity index (χ0v) is 9.37. The van der Waals surface area contributed by atoms with Crippen molar-refractivity contribution in [1.82, 2.24) is 5.32 Å². The highest BCUT2D eigenvalue weighted by Crippen LogP contribution is 2.39. The first-order valence-corrected chi connectivity index (χ1v) is 6.30. The summed E-state index contributed by atoms with van der Waals surface area (Å²) in [5.74, 6) is 1.86. The first-order valence-electron chi connectivity index (χ1n) is 6.30. The minimum atomic E-state index is 0.261. The fourth-order valence-corrected chi connectivity index (χ4v) is 3.36. The molecule has 1 aliphatic heterocycles. The van der Waals surface area contributed by atoms with E-state index in [2.05, 4.69) is 5.32 Å². The molecular weight excluding hydrogens is 188 g/mol. The van der Waals surface area contributed by atoms with Gasteiger partial charge in [-0.1, -0.05) is 25.7 Å². The Kier molecular flexibility index (Phi) is 3.62. The predicted octanol–water partition coefficient (Wildman–Crippen LogP) is 1.28. The molecule has 2 aliphatic rings. The van der Waals surface area contributed by atoms with Crippen LogP contribution in [0.3, 0.4) is 0 Å². The fraction of sp³-hybridized carbons (Fsp3) is 0.917. The van der Waals surface area contributed by atoms with E-state index in [1.54, 1.807) is 0 Å². The third-order valence-corrected chi connectivity index (χ3v) is 4.11. The minimum Gasteiger partial charge on any atom is -0.356 e. The molecule has 0 aromatic heterocycles. The SMILES string of the molecule is NCCC(C1CCCC1)C1CCNC1=O. The summed E-state index contributed by atoms with van der Waals surface area (Å²) < 4.78 is 0. The van der Waals surface area contributed by atoms with E-state index in [1.807, 2.05) is 0 Å². The molecule has 2 unspecified atom stereocenters. The number of nitrogens with two attached hydrogens (primary N) is 1. The highest BCUT2D eigenvalue weighted by Gasteiger charge is 2.37. The van der Waals surface area contributed by atoms with E-state index in [1.165, 1.54) is 25.7 Å². The van der Waals surface area contributed by atoms with E-state index in [0.29, 0.717) is 5.92 Å². The molecule has 0 spiro atoms. The van der Waals surface area contributed by atoms with Gasteiger partial charge in [0, 0.05) is 12.5 Å². The Morgan fingerprint density at radius 2 is 2.07 bits per heavy atom. The van der Waals surface area contributed by atoms with Crippen molar-refractivity contribution in [3.8, 4) is 0 Å². The maximum Gasteiger partial charge on any atom is 0.223 e. The standard InChI is InChI=1S/C12H22N2O/c13-7-5-10(9-3-1-2-4-9)11-6-8-14-12(11)15/h9-11H,1-8,13H2,(H,14,15). The van der Waals surface area contributed by atoms with Crippen molar-refractivity contribution >= 4 is 5.91 Å². The number of hydrogen-bond acceptors (Lipinski definition) is 2. The van der Waals surface area contributed by atoms with E-state index in [0.717, 1.165) is 31.8 Å². The molecule has 15 heavy (non-hydrogen) atoms. The van der Waals surface area contributed by atoms with Gasteiger partial charge in [0.1, 0.15) is 0 Å². The zero-order valence-electron chi connectivity index (χ0n) is 9.37. The lowest BCUT2D eigenvalue weighted by Crippen LogP contribution is -2.30. The molecule has 2 atom stereocenters. The predicted molar refractivity (Wildman–Crippen MR) is 60.2 cm³/mol. The van der Waals surface area contributed by atoms with Gasteiger partial charge < -0.3 is 11.1 Å². The third-order valence-electron chi connectivity index (χ3n) is 4.11. The smallest absolute Gasteiger partial charge is 0.223 e.